The number of thioether (sulfide) groups is 1. The van der Waals surface area contributed by atoms with Gasteiger partial charge in [-0.3, -0.25) is 4.79 Å². The Morgan fingerprint density at radius 2 is 1.61 bits per heavy atom. The third kappa shape index (κ3) is 5.72. The maximum absolute atomic E-state index is 12.8. The maximum Gasteiger partial charge on any atom is 0.277 e. The summed E-state index contributed by atoms with van der Waals surface area (Å²) in [6, 6.07) is 31.7. The first-order chi connectivity index (χ1) is 17.7. The van der Waals surface area contributed by atoms with Gasteiger partial charge in [-0.1, -0.05) is 97.5 Å². The summed E-state index contributed by atoms with van der Waals surface area (Å²) in [6.45, 7) is 2.12. The van der Waals surface area contributed by atoms with Crippen LogP contribution >= 0.6 is 11.8 Å². The minimum Gasteiger partial charge on any atom is -0.416 e. The number of carbonyl (C=O) groups excluding carboxylic acids is 1. The zero-order valence-corrected chi connectivity index (χ0v) is 20.6. The van der Waals surface area contributed by atoms with Gasteiger partial charge in [0.2, 0.25) is 11.8 Å². The quantitative estimate of drug-likeness (QED) is 0.253. The fourth-order valence-corrected chi connectivity index (χ4v) is 4.41. The second-order valence-electron chi connectivity index (χ2n) is 8.34. The smallest absolute Gasteiger partial charge is 0.277 e. The molecule has 0 saturated heterocycles. The normalized spacial score (nSPS) is 11.8. The van der Waals surface area contributed by atoms with Crippen LogP contribution in [0.3, 0.4) is 0 Å². The molecule has 1 unspecified atom stereocenters. The molecule has 3 aromatic carbocycles. The minimum absolute atomic E-state index is 0.135. The first-order valence-electron chi connectivity index (χ1n) is 11.7. The van der Waals surface area contributed by atoms with E-state index in [0.717, 1.165) is 16.9 Å². The van der Waals surface area contributed by atoms with Crippen molar-refractivity contribution in [2.24, 2.45) is 0 Å². The van der Waals surface area contributed by atoms with Crippen LogP contribution in [0.15, 0.2) is 107 Å². The summed E-state index contributed by atoms with van der Waals surface area (Å²) in [6.07, 6.45) is 0.641. The lowest BCUT2D eigenvalue weighted by molar-refractivity contribution is -0.113. The van der Waals surface area contributed by atoms with Crippen molar-refractivity contribution in [1.29, 1.82) is 0 Å². The molecule has 8 heteroatoms. The zero-order chi connectivity index (χ0) is 24.7. The van der Waals surface area contributed by atoms with Crippen LogP contribution in [0.5, 0.6) is 0 Å². The Morgan fingerprint density at radius 3 is 2.33 bits per heavy atom. The topological polar surface area (TPSA) is 85.8 Å². The molecule has 7 nitrogen and oxygen atoms in total. The minimum atomic E-state index is -0.186. The maximum atomic E-state index is 12.8. The van der Waals surface area contributed by atoms with Crippen molar-refractivity contribution < 1.29 is 9.21 Å². The lowest BCUT2D eigenvalue weighted by Gasteiger charge is -2.08. The molecule has 1 N–H and O–H groups in total. The molecule has 36 heavy (non-hydrogen) atoms. The van der Waals surface area contributed by atoms with Gasteiger partial charge in [0.15, 0.2) is 0 Å². The van der Waals surface area contributed by atoms with Crippen molar-refractivity contribution in [2.45, 2.75) is 24.5 Å². The van der Waals surface area contributed by atoms with Gasteiger partial charge in [0.05, 0.1) is 17.1 Å². The largest absolute Gasteiger partial charge is 0.416 e. The molecule has 180 valence electrons. The third-order valence-corrected chi connectivity index (χ3v) is 6.49. The number of nitrogens with zero attached hydrogens (tertiary/aromatic N) is 4. The van der Waals surface area contributed by atoms with Crippen LogP contribution < -0.4 is 5.32 Å². The monoisotopic (exact) mass is 495 g/mol. The van der Waals surface area contributed by atoms with Crippen LogP contribution in [0, 0.1) is 0 Å². The molecular formula is C28H25N5O2S. The van der Waals surface area contributed by atoms with Gasteiger partial charge in [0.1, 0.15) is 5.82 Å². The second-order valence-corrected chi connectivity index (χ2v) is 9.27. The fraction of sp³-hybridized carbons (Fsp3) is 0.143. The average molecular weight is 496 g/mol. The molecule has 2 heterocycles. The molecule has 5 rings (SSSR count). The van der Waals surface area contributed by atoms with Crippen LogP contribution in [0.4, 0.5) is 5.82 Å². The number of hydrogen-bond acceptors (Lipinski definition) is 6. The molecule has 0 bridgehead atoms. The Labute approximate surface area is 213 Å². The van der Waals surface area contributed by atoms with Crippen molar-refractivity contribution in [3.8, 4) is 16.9 Å². The summed E-state index contributed by atoms with van der Waals surface area (Å²) < 4.78 is 7.51. The number of anilines is 1. The summed E-state index contributed by atoms with van der Waals surface area (Å²) in [5.74, 6) is 1.35. The van der Waals surface area contributed by atoms with Gasteiger partial charge in [0.25, 0.3) is 5.22 Å². The fourth-order valence-electron chi connectivity index (χ4n) is 3.83. The highest BCUT2D eigenvalue weighted by Gasteiger charge is 2.16. The van der Waals surface area contributed by atoms with E-state index in [4.69, 9.17) is 9.52 Å². The van der Waals surface area contributed by atoms with E-state index in [1.807, 2.05) is 84.9 Å². The predicted molar refractivity (Wildman–Crippen MR) is 141 cm³/mol. The number of carbonyl (C=O) groups is 1. The lowest BCUT2D eigenvalue weighted by atomic mass is 9.98. The van der Waals surface area contributed by atoms with Crippen LogP contribution in [0.2, 0.25) is 0 Å². The molecule has 0 spiro atoms. The van der Waals surface area contributed by atoms with Gasteiger partial charge in [-0.05, 0) is 23.6 Å². The van der Waals surface area contributed by atoms with Crippen LogP contribution in [0.1, 0.15) is 24.3 Å². The SMILES string of the molecule is CC(Cc1nnc(SCC(=O)Nc2cc(-c3ccccc3)nn2-c2ccccc2)o1)c1ccccc1. The number of hydrogen-bond donors (Lipinski definition) is 1. The summed E-state index contributed by atoms with van der Waals surface area (Å²) in [5, 5.41) is 16.3. The third-order valence-electron chi connectivity index (χ3n) is 5.67. The molecule has 2 aromatic heterocycles. The van der Waals surface area contributed by atoms with E-state index in [9.17, 15) is 4.79 Å². The van der Waals surface area contributed by atoms with E-state index >= 15 is 0 Å². The van der Waals surface area contributed by atoms with Crippen molar-refractivity contribution in [1.82, 2.24) is 20.0 Å². The van der Waals surface area contributed by atoms with Gasteiger partial charge >= 0.3 is 0 Å². The van der Waals surface area contributed by atoms with Gasteiger partial charge < -0.3 is 9.73 Å². The number of nitrogens with one attached hydrogen (secondary N) is 1. The average Bonchev–Trinajstić information content (AvgIpc) is 3.56. The molecule has 0 aliphatic heterocycles. The molecular weight excluding hydrogens is 470 g/mol. The van der Waals surface area contributed by atoms with Gasteiger partial charge in [0, 0.05) is 18.1 Å². The molecule has 1 amide bonds. The highest BCUT2D eigenvalue weighted by atomic mass is 32.2. The zero-order valence-electron chi connectivity index (χ0n) is 19.7. The van der Waals surface area contributed by atoms with Crippen molar-refractivity contribution in [3.63, 3.8) is 0 Å². The first kappa shape index (κ1) is 23.6. The Balaban J connectivity index is 1.24. The molecule has 5 aromatic rings. The van der Waals surface area contributed by atoms with E-state index in [-0.39, 0.29) is 17.6 Å². The Bertz CT molecular complexity index is 1420. The summed E-state index contributed by atoms with van der Waals surface area (Å²) >= 11 is 1.21. The van der Waals surface area contributed by atoms with Crippen molar-refractivity contribution in [3.05, 3.63) is 109 Å². The number of aromatic nitrogens is 4. The number of amides is 1. The van der Waals surface area contributed by atoms with E-state index < -0.39 is 0 Å². The van der Waals surface area contributed by atoms with Gasteiger partial charge in [-0.2, -0.15) is 5.10 Å². The highest BCUT2D eigenvalue weighted by Crippen LogP contribution is 2.26. The molecule has 0 aliphatic rings. The van der Waals surface area contributed by atoms with E-state index in [2.05, 4.69) is 34.6 Å². The van der Waals surface area contributed by atoms with Crippen molar-refractivity contribution >= 4 is 23.5 Å². The molecule has 0 aliphatic carbocycles. The molecule has 0 radical (unpaired) electrons. The Kier molecular flexibility index (Phi) is 7.23. The summed E-state index contributed by atoms with van der Waals surface area (Å²) in [7, 11) is 0. The number of para-hydroxylation sites is 1. The molecule has 0 saturated carbocycles. The van der Waals surface area contributed by atoms with Crippen LogP contribution in [-0.2, 0) is 11.2 Å². The van der Waals surface area contributed by atoms with E-state index in [1.165, 1.54) is 17.3 Å². The van der Waals surface area contributed by atoms with Crippen molar-refractivity contribution in [2.75, 3.05) is 11.1 Å². The van der Waals surface area contributed by atoms with Crippen LogP contribution in [0.25, 0.3) is 16.9 Å². The highest BCUT2D eigenvalue weighted by molar-refractivity contribution is 7.99. The van der Waals surface area contributed by atoms with E-state index in [1.54, 1.807) is 4.68 Å². The van der Waals surface area contributed by atoms with Gasteiger partial charge in [-0.25, -0.2) is 4.68 Å². The second kappa shape index (κ2) is 11.0. The predicted octanol–water partition coefficient (Wildman–Crippen LogP) is 6.00. The van der Waals surface area contributed by atoms with Crippen LogP contribution in [-0.4, -0.2) is 31.6 Å². The number of rotatable bonds is 9. The van der Waals surface area contributed by atoms with E-state index in [0.29, 0.717) is 23.4 Å². The van der Waals surface area contributed by atoms with Gasteiger partial charge in [-0.15, -0.1) is 10.2 Å². The Hall–Kier alpha value is -4.17. The molecule has 1 atom stereocenters. The molecule has 0 fully saturated rings. The summed E-state index contributed by atoms with van der Waals surface area (Å²) in [5.41, 5.74) is 3.82. The summed E-state index contributed by atoms with van der Waals surface area (Å²) in [4.78, 5) is 12.8. The number of benzene rings is 3. The Morgan fingerprint density at radius 1 is 0.944 bits per heavy atom. The lowest BCUT2D eigenvalue weighted by Crippen LogP contribution is -2.16. The first-order valence-corrected chi connectivity index (χ1v) is 12.6. The standard InChI is InChI=1S/C28H25N5O2S/c1-20(21-11-5-2-6-12-21)17-27-30-31-28(35-27)36-19-26(34)29-25-18-24(22-13-7-3-8-14-22)32-33(25)23-15-9-4-10-16-23/h2-16,18,20H,17,19H2,1H3,(H,29,34).